The first kappa shape index (κ1) is 13.9. The SMILES string of the molecule is CC1(C(=O)N2CCC3NC(=O)CCC3C2)CCNCC1. The van der Waals surface area contributed by atoms with Gasteiger partial charge < -0.3 is 15.5 Å². The second-order valence-electron chi connectivity index (χ2n) is 6.82. The fraction of sp³-hybridized carbons (Fsp3) is 0.867. The maximum atomic E-state index is 12.8. The molecule has 3 saturated heterocycles. The molecule has 0 spiro atoms. The topological polar surface area (TPSA) is 61.4 Å². The van der Waals surface area contributed by atoms with Crippen LogP contribution in [0.4, 0.5) is 0 Å². The average molecular weight is 279 g/mol. The van der Waals surface area contributed by atoms with Crippen LogP contribution in [0, 0.1) is 11.3 Å². The third kappa shape index (κ3) is 2.55. The van der Waals surface area contributed by atoms with E-state index >= 15 is 0 Å². The molecule has 3 rings (SSSR count). The second-order valence-corrected chi connectivity index (χ2v) is 6.82. The normalized spacial score (nSPS) is 33.2. The lowest BCUT2D eigenvalue weighted by Gasteiger charge is -2.45. The van der Waals surface area contributed by atoms with Crippen LogP contribution in [-0.2, 0) is 9.59 Å². The van der Waals surface area contributed by atoms with Gasteiger partial charge in [0.1, 0.15) is 0 Å². The van der Waals surface area contributed by atoms with Gasteiger partial charge in [0.15, 0.2) is 0 Å². The zero-order chi connectivity index (χ0) is 14.2. The molecule has 2 atom stereocenters. The molecule has 3 aliphatic heterocycles. The molecule has 3 heterocycles. The van der Waals surface area contributed by atoms with Gasteiger partial charge in [0.2, 0.25) is 11.8 Å². The predicted octanol–water partition coefficient (Wildman–Crippen LogP) is 0.503. The first-order valence-corrected chi connectivity index (χ1v) is 7.88. The van der Waals surface area contributed by atoms with E-state index in [1.165, 1.54) is 0 Å². The Labute approximate surface area is 120 Å². The van der Waals surface area contributed by atoms with Crippen molar-refractivity contribution >= 4 is 11.8 Å². The average Bonchev–Trinajstić information content (AvgIpc) is 2.46. The molecule has 0 aromatic heterocycles. The first-order valence-electron chi connectivity index (χ1n) is 7.88. The van der Waals surface area contributed by atoms with Crippen LogP contribution < -0.4 is 10.6 Å². The molecule has 2 unspecified atom stereocenters. The van der Waals surface area contributed by atoms with Gasteiger partial charge in [-0.25, -0.2) is 0 Å². The number of carbonyl (C=O) groups is 2. The lowest BCUT2D eigenvalue weighted by molar-refractivity contribution is -0.145. The zero-order valence-electron chi connectivity index (χ0n) is 12.3. The van der Waals surface area contributed by atoms with Crippen molar-refractivity contribution in [1.82, 2.24) is 15.5 Å². The van der Waals surface area contributed by atoms with Crippen molar-refractivity contribution in [1.29, 1.82) is 0 Å². The van der Waals surface area contributed by atoms with E-state index in [4.69, 9.17) is 0 Å². The molecule has 0 aliphatic carbocycles. The molecular formula is C15H25N3O2. The number of rotatable bonds is 1. The molecule has 5 nitrogen and oxygen atoms in total. The van der Waals surface area contributed by atoms with Crippen LogP contribution in [-0.4, -0.2) is 48.9 Å². The number of nitrogens with zero attached hydrogens (tertiary/aromatic N) is 1. The quantitative estimate of drug-likeness (QED) is 0.735. The number of fused-ring (bicyclic) bond motifs is 1. The van der Waals surface area contributed by atoms with E-state index in [0.29, 0.717) is 24.3 Å². The Balaban J connectivity index is 1.64. The summed E-state index contributed by atoms with van der Waals surface area (Å²) in [7, 11) is 0. The summed E-state index contributed by atoms with van der Waals surface area (Å²) >= 11 is 0. The van der Waals surface area contributed by atoms with Gasteiger partial charge >= 0.3 is 0 Å². The third-order valence-electron chi connectivity index (χ3n) is 5.33. The number of amides is 2. The van der Waals surface area contributed by atoms with Crippen LogP contribution in [0.15, 0.2) is 0 Å². The molecule has 2 N–H and O–H groups in total. The highest BCUT2D eigenvalue weighted by atomic mass is 16.2. The summed E-state index contributed by atoms with van der Waals surface area (Å²) in [4.78, 5) is 26.3. The van der Waals surface area contributed by atoms with Gasteiger partial charge in [0, 0.05) is 31.0 Å². The molecule has 2 amide bonds. The van der Waals surface area contributed by atoms with E-state index in [-0.39, 0.29) is 11.3 Å². The Morgan fingerprint density at radius 2 is 2.05 bits per heavy atom. The Morgan fingerprint density at radius 1 is 1.30 bits per heavy atom. The summed E-state index contributed by atoms with van der Waals surface area (Å²) in [5.41, 5.74) is -0.185. The molecule has 3 fully saturated rings. The molecule has 0 bridgehead atoms. The molecule has 3 aliphatic rings. The summed E-state index contributed by atoms with van der Waals surface area (Å²) in [6.07, 6.45) is 4.33. The molecular weight excluding hydrogens is 254 g/mol. The van der Waals surface area contributed by atoms with E-state index in [9.17, 15) is 9.59 Å². The Hall–Kier alpha value is -1.10. The summed E-state index contributed by atoms with van der Waals surface area (Å²) in [5.74, 6) is 0.960. The van der Waals surface area contributed by atoms with E-state index in [0.717, 1.165) is 51.9 Å². The number of likely N-dealkylation sites (tertiary alicyclic amines) is 1. The third-order valence-corrected chi connectivity index (χ3v) is 5.33. The van der Waals surface area contributed by atoms with Crippen molar-refractivity contribution in [2.75, 3.05) is 26.2 Å². The molecule has 0 aromatic carbocycles. The minimum absolute atomic E-state index is 0.177. The fourth-order valence-corrected chi connectivity index (χ4v) is 3.87. The predicted molar refractivity (Wildman–Crippen MR) is 76.1 cm³/mol. The van der Waals surface area contributed by atoms with Gasteiger partial charge in [0.05, 0.1) is 0 Å². The van der Waals surface area contributed by atoms with Gasteiger partial charge in [-0.15, -0.1) is 0 Å². The Morgan fingerprint density at radius 3 is 2.80 bits per heavy atom. The number of hydrogen-bond donors (Lipinski definition) is 2. The van der Waals surface area contributed by atoms with Crippen molar-refractivity contribution < 1.29 is 9.59 Å². The Kier molecular flexibility index (Phi) is 3.71. The largest absolute Gasteiger partial charge is 0.353 e. The van der Waals surface area contributed by atoms with Gasteiger partial charge in [-0.05, 0) is 44.7 Å². The lowest BCUT2D eigenvalue weighted by Crippen LogP contribution is -2.57. The van der Waals surface area contributed by atoms with Gasteiger partial charge in [-0.3, -0.25) is 9.59 Å². The van der Waals surface area contributed by atoms with Crippen molar-refractivity contribution in [3.05, 3.63) is 0 Å². The van der Waals surface area contributed by atoms with Crippen molar-refractivity contribution in [3.63, 3.8) is 0 Å². The first-order chi connectivity index (χ1) is 9.58. The minimum Gasteiger partial charge on any atom is -0.353 e. The smallest absolute Gasteiger partial charge is 0.228 e. The van der Waals surface area contributed by atoms with Crippen LogP contribution in [0.1, 0.15) is 39.0 Å². The van der Waals surface area contributed by atoms with Crippen LogP contribution in [0.5, 0.6) is 0 Å². The van der Waals surface area contributed by atoms with Crippen LogP contribution >= 0.6 is 0 Å². The molecule has 20 heavy (non-hydrogen) atoms. The standard InChI is InChI=1S/C15H25N3O2/c1-15(5-7-16-8-6-15)14(20)18-9-4-12-11(10-18)2-3-13(19)17-12/h11-12,16H,2-10H2,1H3,(H,17,19). The highest BCUT2D eigenvalue weighted by Gasteiger charge is 2.41. The molecule has 5 heteroatoms. The monoisotopic (exact) mass is 279 g/mol. The maximum absolute atomic E-state index is 12.8. The minimum atomic E-state index is -0.185. The summed E-state index contributed by atoms with van der Waals surface area (Å²) in [6, 6.07) is 0.293. The van der Waals surface area contributed by atoms with Crippen LogP contribution in [0.3, 0.4) is 0 Å². The van der Waals surface area contributed by atoms with Gasteiger partial charge in [-0.1, -0.05) is 6.92 Å². The molecule has 0 saturated carbocycles. The Bertz CT molecular complexity index is 404. The molecule has 112 valence electrons. The van der Waals surface area contributed by atoms with E-state index in [1.54, 1.807) is 0 Å². The highest BCUT2D eigenvalue weighted by molar-refractivity contribution is 5.83. The van der Waals surface area contributed by atoms with E-state index in [1.807, 2.05) is 0 Å². The van der Waals surface area contributed by atoms with Gasteiger partial charge in [-0.2, -0.15) is 0 Å². The van der Waals surface area contributed by atoms with E-state index in [2.05, 4.69) is 22.5 Å². The van der Waals surface area contributed by atoms with Crippen LogP contribution in [0.25, 0.3) is 0 Å². The van der Waals surface area contributed by atoms with Gasteiger partial charge in [0.25, 0.3) is 0 Å². The summed E-state index contributed by atoms with van der Waals surface area (Å²) in [5, 5.41) is 6.41. The maximum Gasteiger partial charge on any atom is 0.228 e. The number of carbonyl (C=O) groups excluding carboxylic acids is 2. The van der Waals surface area contributed by atoms with E-state index < -0.39 is 0 Å². The second kappa shape index (κ2) is 5.35. The fourth-order valence-electron chi connectivity index (χ4n) is 3.87. The zero-order valence-corrected chi connectivity index (χ0v) is 12.3. The molecule has 0 aromatic rings. The van der Waals surface area contributed by atoms with Crippen LogP contribution in [0.2, 0.25) is 0 Å². The number of nitrogens with one attached hydrogen (secondary N) is 2. The van der Waals surface area contributed by atoms with Crippen molar-refractivity contribution in [2.45, 2.75) is 45.1 Å². The van der Waals surface area contributed by atoms with Crippen molar-refractivity contribution in [3.8, 4) is 0 Å². The summed E-state index contributed by atoms with van der Waals surface area (Å²) < 4.78 is 0. The van der Waals surface area contributed by atoms with Crippen molar-refractivity contribution in [2.24, 2.45) is 11.3 Å². The highest BCUT2D eigenvalue weighted by Crippen LogP contribution is 2.33. The molecule has 0 radical (unpaired) electrons. The number of hydrogen-bond acceptors (Lipinski definition) is 3. The number of piperidine rings is 3. The lowest BCUT2D eigenvalue weighted by atomic mass is 9.78. The summed E-state index contributed by atoms with van der Waals surface area (Å²) in [6.45, 7) is 5.62.